The van der Waals surface area contributed by atoms with Crippen LogP contribution < -0.4 is 4.72 Å². The summed E-state index contributed by atoms with van der Waals surface area (Å²) in [6.07, 6.45) is 3.47. The number of nitrogens with one attached hydrogen (secondary N) is 1. The number of piperidine rings is 1. The lowest BCUT2D eigenvalue weighted by Crippen LogP contribution is -2.57. The van der Waals surface area contributed by atoms with Crippen LogP contribution in [-0.2, 0) is 10.0 Å². The van der Waals surface area contributed by atoms with E-state index in [1.807, 2.05) is 0 Å². The molecule has 0 aromatic rings. The number of hydrogen-bond acceptors (Lipinski definition) is 5. The Labute approximate surface area is 142 Å². The molecule has 2 fully saturated rings. The van der Waals surface area contributed by atoms with E-state index >= 15 is 0 Å². The average molecular weight is 347 g/mol. The lowest BCUT2D eigenvalue weighted by Gasteiger charge is -2.46. The van der Waals surface area contributed by atoms with Gasteiger partial charge in [0, 0.05) is 38.3 Å². The van der Waals surface area contributed by atoms with Crippen LogP contribution in [0.3, 0.4) is 0 Å². The van der Waals surface area contributed by atoms with Crippen molar-refractivity contribution in [2.75, 3.05) is 58.6 Å². The van der Waals surface area contributed by atoms with E-state index < -0.39 is 10.0 Å². The highest BCUT2D eigenvalue weighted by atomic mass is 32.2. The first-order valence-corrected chi connectivity index (χ1v) is 10.7. The summed E-state index contributed by atoms with van der Waals surface area (Å²) in [5, 5.41) is 0. The molecule has 2 heterocycles. The third-order valence-corrected chi connectivity index (χ3v) is 6.68. The van der Waals surface area contributed by atoms with E-state index in [0.717, 1.165) is 38.6 Å². The van der Waals surface area contributed by atoms with Crippen molar-refractivity contribution in [1.29, 1.82) is 0 Å². The molecule has 0 saturated carbocycles. The Morgan fingerprint density at radius 2 is 1.83 bits per heavy atom. The Hall–Kier alpha value is -0.210. The smallest absolute Gasteiger partial charge is 0.211 e. The van der Waals surface area contributed by atoms with Gasteiger partial charge in [0.1, 0.15) is 0 Å². The normalized spacial score (nSPS) is 26.7. The SMILES string of the molecule is CCS(=O)(=O)NCCCN1CCN(C2CCN(C)CC2)C(C)C1. The van der Waals surface area contributed by atoms with Crippen molar-refractivity contribution in [3.05, 3.63) is 0 Å². The molecule has 1 N–H and O–H groups in total. The number of sulfonamides is 1. The summed E-state index contributed by atoms with van der Waals surface area (Å²) in [6, 6.07) is 1.35. The molecule has 7 heteroatoms. The first kappa shape index (κ1) is 19.1. The minimum atomic E-state index is -3.04. The predicted octanol–water partition coefficient (Wildman–Crippen LogP) is 0.416. The van der Waals surface area contributed by atoms with E-state index in [1.165, 1.54) is 25.9 Å². The maximum Gasteiger partial charge on any atom is 0.211 e. The lowest BCUT2D eigenvalue weighted by molar-refractivity contribution is 0.0253. The molecular formula is C16H34N4O2S. The van der Waals surface area contributed by atoms with E-state index in [4.69, 9.17) is 0 Å². The molecule has 1 unspecified atom stereocenters. The summed E-state index contributed by atoms with van der Waals surface area (Å²) in [6.45, 7) is 11.3. The number of piperazine rings is 1. The van der Waals surface area contributed by atoms with Gasteiger partial charge in [-0.2, -0.15) is 0 Å². The fourth-order valence-corrected chi connectivity index (χ4v) is 4.41. The summed E-state index contributed by atoms with van der Waals surface area (Å²) in [7, 11) is -0.829. The van der Waals surface area contributed by atoms with Gasteiger partial charge in [0.05, 0.1) is 5.75 Å². The second-order valence-electron chi connectivity index (χ2n) is 7.07. The molecule has 0 aliphatic carbocycles. The molecule has 0 aromatic carbocycles. The van der Waals surface area contributed by atoms with Crippen molar-refractivity contribution >= 4 is 10.0 Å². The Bertz CT molecular complexity index is 449. The number of likely N-dealkylation sites (tertiary alicyclic amines) is 1. The quantitative estimate of drug-likeness (QED) is 0.677. The van der Waals surface area contributed by atoms with Gasteiger partial charge >= 0.3 is 0 Å². The molecule has 23 heavy (non-hydrogen) atoms. The zero-order chi connectivity index (χ0) is 16.9. The molecule has 0 bridgehead atoms. The second-order valence-corrected chi connectivity index (χ2v) is 9.17. The molecule has 2 saturated heterocycles. The van der Waals surface area contributed by atoms with Crippen molar-refractivity contribution in [3.63, 3.8) is 0 Å². The lowest BCUT2D eigenvalue weighted by atomic mass is 10.00. The molecule has 0 aromatic heterocycles. The highest BCUT2D eigenvalue weighted by Gasteiger charge is 2.30. The van der Waals surface area contributed by atoms with Crippen LogP contribution in [-0.4, -0.2) is 93.8 Å². The van der Waals surface area contributed by atoms with Crippen LogP contribution in [0.5, 0.6) is 0 Å². The van der Waals surface area contributed by atoms with Gasteiger partial charge in [0.15, 0.2) is 0 Å². The summed E-state index contributed by atoms with van der Waals surface area (Å²) < 4.78 is 25.5. The molecule has 0 amide bonds. The van der Waals surface area contributed by atoms with Gasteiger partial charge < -0.3 is 9.80 Å². The molecule has 0 radical (unpaired) electrons. The largest absolute Gasteiger partial charge is 0.306 e. The zero-order valence-electron chi connectivity index (χ0n) is 15.0. The summed E-state index contributed by atoms with van der Waals surface area (Å²) in [4.78, 5) is 7.61. The van der Waals surface area contributed by atoms with Crippen LogP contribution in [0.2, 0.25) is 0 Å². The van der Waals surface area contributed by atoms with Crippen LogP contribution >= 0.6 is 0 Å². The van der Waals surface area contributed by atoms with E-state index in [1.54, 1.807) is 6.92 Å². The van der Waals surface area contributed by atoms with Crippen LogP contribution in [0.1, 0.15) is 33.1 Å². The van der Waals surface area contributed by atoms with Gasteiger partial charge in [-0.05, 0) is 59.8 Å². The maximum absolute atomic E-state index is 11.4. The summed E-state index contributed by atoms with van der Waals surface area (Å²) >= 11 is 0. The van der Waals surface area contributed by atoms with E-state index in [-0.39, 0.29) is 5.75 Å². The van der Waals surface area contributed by atoms with Crippen LogP contribution in [0.15, 0.2) is 0 Å². The Balaban J connectivity index is 1.67. The molecule has 136 valence electrons. The first-order valence-electron chi connectivity index (χ1n) is 9.05. The molecule has 2 aliphatic heterocycles. The maximum atomic E-state index is 11.4. The Morgan fingerprint density at radius 1 is 1.13 bits per heavy atom. The Kier molecular flexibility index (Phi) is 7.28. The van der Waals surface area contributed by atoms with Crippen molar-refractivity contribution < 1.29 is 8.42 Å². The summed E-state index contributed by atoms with van der Waals surface area (Å²) in [5.74, 6) is 0.166. The molecule has 2 rings (SSSR count). The molecular weight excluding hydrogens is 312 g/mol. The van der Waals surface area contributed by atoms with Gasteiger partial charge in [-0.3, -0.25) is 4.90 Å². The highest BCUT2D eigenvalue weighted by Crippen LogP contribution is 2.21. The molecule has 1 atom stereocenters. The minimum absolute atomic E-state index is 0.166. The van der Waals surface area contributed by atoms with Crippen molar-refractivity contribution in [1.82, 2.24) is 19.4 Å². The molecule has 6 nitrogen and oxygen atoms in total. The first-order chi connectivity index (χ1) is 10.9. The number of nitrogens with zero attached hydrogens (tertiary/aromatic N) is 3. The van der Waals surface area contributed by atoms with Crippen molar-refractivity contribution in [2.24, 2.45) is 0 Å². The number of hydrogen-bond donors (Lipinski definition) is 1. The molecule has 2 aliphatic rings. The van der Waals surface area contributed by atoms with Gasteiger partial charge in [-0.1, -0.05) is 0 Å². The van der Waals surface area contributed by atoms with Crippen molar-refractivity contribution in [3.8, 4) is 0 Å². The van der Waals surface area contributed by atoms with Gasteiger partial charge in [-0.15, -0.1) is 0 Å². The fourth-order valence-electron chi connectivity index (χ4n) is 3.75. The van der Waals surface area contributed by atoms with Crippen LogP contribution in [0.25, 0.3) is 0 Å². The Morgan fingerprint density at radius 3 is 2.43 bits per heavy atom. The van der Waals surface area contributed by atoms with E-state index in [0.29, 0.717) is 12.6 Å². The fraction of sp³-hybridized carbons (Fsp3) is 1.00. The number of rotatable bonds is 7. The monoisotopic (exact) mass is 346 g/mol. The van der Waals surface area contributed by atoms with E-state index in [2.05, 4.69) is 33.4 Å². The summed E-state index contributed by atoms with van der Waals surface area (Å²) in [5.41, 5.74) is 0. The van der Waals surface area contributed by atoms with Gasteiger partial charge in [0.25, 0.3) is 0 Å². The second kappa shape index (κ2) is 8.76. The topological polar surface area (TPSA) is 55.9 Å². The van der Waals surface area contributed by atoms with Gasteiger partial charge in [-0.25, -0.2) is 13.1 Å². The van der Waals surface area contributed by atoms with E-state index in [9.17, 15) is 8.42 Å². The standard InChI is InChI=1S/C16H34N4O2S/c1-4-23(21,22)17-8-5-9-19-12-13-20(15(2)14-19)16-6-10-18(3)11-7-16/h15-17H,4-14H2,1-3H3. The van der Waals surface area contributed by atoms with Gasteiger partial charge in [0.2, 0.25) is 10.0 Å². The average Bonchev–Trinajstić information content (AvgIpc) is 2.53. The zero-order valence-corrected chi connectivity index (χ0v) is 15.8. The van der Waals surface area contributed by atoms with Crippen LogP contribution in [0, 0.1) is 0 Å². The third kappa shape index (κ3) is 5.98. The molecule has 0 spiro atoms. The third-order valence-electron chi connectivity index (χ3n) is 5.27. The highest BCUT2D eigenvalue weighted by molar-refractivity contribution is 7.89. The van der Waals surface area contributed by atoms with Crippen molar-refractivity contribution in [2.45, 2.75) is 45.2 Å². The predicted molar refractivity (Wildman–Crippen MR) is 95.2 cm³/mol. The minimum Gasteiger partial charge on any atom is -0.306 e. The van der Waals surface area contributed by atoms with Crippen LogP contribution in [0.4, 0.5) is 0 Å².